The molecule has 2 aromatic carbocycles. The van der Waals surface area contributed by atoms with Crippen LogP contribution in [0, 0.1) is 5.82 Å². The van der Waals surface area contributed by atoms with E-state index >= 15 is 0 Å². The topological polar surface area (TPSA) is 41.5 Å². The van der Waals surface area contributed by atoms with Crippen molar-refractivity contribution in [2.24, 2.45) is 0 Å². The first-order valence-electron chi connectivity index (χ1n) is 7.93. The highest BCUT2D eigenvalue weighted by Gasteiger charge is 2.36. The quantitative estimate of drug-likeness (QED) is 0.731. The molecule has 0 saturated heterocycles. The van der Waals surface area contributed by atoms with Gasteiger partial charge in [0.1, 0.15) is 18.2 Å². The van der Waals surface area contributed by atoms with Crippen LogP contribution in [0.3, 0.4) is 0 Å². The zero-order chi connectivity index (χ0) is 17.7. The van der Waals surface area contributed by atoms with Gasteiger partial charge in [0, 0.05) is 5.56 Å². The SMILES string of the molecule is C[C@@H](N[S+](O)C(C)(C)C)c1cc(F)ccc1OCc1ccccc1. The molecule has 1 unspecified atom stereocenters. The number of benzene rings is 2. The van der Waals surface area contributed by atoms with Crippen molar-refractivity contribution in [1.29, 1.82) is 0 Å². The molecule has 0 aliphatic heterocycles. The molecule has 0 aromatic heterocycles. The van der Waals surface area contributed by atoms with Crippen molar-refractivity contribution in [3.8, 4) is 5.75 Å². The number of rotatable bonds is 6. The fourth-order valence-corrected chi connectivity index (χ4v) is 2.95. The fraction of sp³-hybridized carbons (Fsp3) is 0.368. The van der Waals surface area contributed by atoms with Gasteiger partial charge in [-0.05, 0) is 51.5 Å². The van der Waals surface area contributed by atoms with E-state index in [9.17, 15) is 8.94 Å². The van der Waals surface area contributed by atoms with Gasteiger partial charge >= 0.3 is 0 Å². The maximum atomic E-state index is 13.7. The van der Waals surface area contributed by atoms with Crippen molar-refractivity contribution in [2.45, 2.75) is 45.1 Å². The van der Waals surface area contributed by atoms with Gasteiger partial charge in [-0.3, -0.25) is 0 Å². The van der Waals surface area contributed by atoms with Crippen molar-refractivity contribution < 1.29 is 13.7 Å². The van der Waals surface area contributed by atoms with E-state index in [1.165, 1.54) is 12.1 Å². The van der Waals surface area contributed by atoms with E-state index in [-0.39, 0.29) is 16.6 Å². The Morgan fingerprint density at radius 1 is 1.17 bits per heavy atom. The largest absolute Gasteiger partial charge is 0.489 e. The van der Waals surface area contributed by atoms with Gasteiger partial charge in [-0.15, -0.1) is 4.72 Å². The van der Waals surface area contributed by atoms with Crippen LogP contribution in [0.15, 0.2) is 48.5 Å². The molecule has 0 heterocycles. The van der Waals surface area contributed by atoms with E-state index in [4.69, 9.17) is 4.74 Å². The van der Waals surface area contributed by atoms with Gasteiger partial charge in [0.05, 0.1) is 6.04 Å². The molecule has 2 atom stereocenters. The van der Waals surface area contributed by atoms with E-state index in [2.05, 4.69) is 4.72 Å². The van der Waals surface area contributed by atoms with Crippen LogP contribution in [0.4, 0.5) is 4.39 Å². The fourth-order valence-electron chi connectivity index (χ4n) is 2.13. The lowest BCUT2D eigenvalue weighted by Gasteiger charge is -2.20. The first-order chi connectivity index (χ1) is 11.3. The summed E-state index contributed by atoms with van der Waals surface area (Å²) in [5.74, 6) is 0.297. The molecular weight excluding hydrogens is 325 g/mol. The maximum Gasteiger partial charge on any atom is 0.240 e. The first kappa shape index (κ1) is 18.8. The summed E-state index contributed by atoms with van der Waals surface area (Å²) in [6.07, 6.45) is 0. The van der Waals surface area contributed by atoms with Crippen molar-refractivity contribution in [1.82, 2.24) is 4.72 Å². The highest BCUT2D eigenvalue weighted by Crippen LogP contribution is 2.29. The molecule has 0 bridgehead atoms. The van der Waals surface area contributed by atoms with E-state index in [1.807, 2.05) is 58.0 Å². The third-order valence-electron chi connectivity index (χ3n) is 3.54. The standard InChI is InChI=1S/C19H25FNO2S/c1-14(21-24(22)19(2,3)4)17-12-16(20)10-11-18(17)23-13-15-8-6-5-7-9-15/h5-12,14,21-22H,13H2,1-4H3/q+1/t14-,24?/m1/s1. The molecule has 5 heteroatoms. The Kier molecular flexibility index (Phi) is 6.27. The Morgan fingerprint density at radius 2 is 1.83 bits per heavy atom. The second-order valence-corrected chi connectivity index (χ2v) is 8.72. The third-order valence-corrected chi connectivity index (χ3v) is 5.28. The summed E-state index contributed by atoms with van der Waals surface area (Å²) in [4.78, 5) is 0. The normalized spacial score (nSPS) is 14.2. The van der Waals surface area contributed by atoms with Crippen LogP contribution in [0.2, 0.25) is 0 Å². The van der Waals surface area contributed by atoms with E-state index in [0.717, 1.165) is 5.56 Å². The Labute approximate surface area is 146 Å². The summed E-state index contributed by atoms with van der Waals surface area (Å²) in [6, 6.07) is 14.1. The number of hydrogen-bond acceptors (Lipinski definition) is 3. The smallest absolute Gasteiger partial charge is 0.240 e. The maximum absolute atomic E-state index is 13.7. The molecule has 0 spiro atoms. The van der Waals surface area contributed by atoms with Crippen molar-refractivity contribution in [3.63, 3.8) is 0 Å². The second-order valence-electron chi connectivity index (χ2n) is 6.69. The molecule has 2 N–H and O–H groups in total. The van der Waals surface area contributed by atoms with Crippen LogP contribution in [-0.4, -0.2) is 9.30 Å². The summed E-state index contributed by atoms with van der Waals surface area (Å²) >= 11 is -1.00. The molecule has 0 fully saturated rings. The van der Waals surface area contributed by atoms with Crippen LogP contribution in [-0.2, 0) is 18.0 Å². The summed E-state index contributed by atoms with van der Waals surface area (Å²) in [6.45, 7) is 8.17. The lowest BCUT2D eigenvalue weighted by atomic mass is 10.1. The second kappa shape index (κ2) is 8.01. The van der Waals surface area contributed by atoms with Crippen molar-refractivity contribution in [2.75, 3.05) is 0 Å². The summed E-state index contributed by atoms with van der Waals surface area (Å²) in [5, 5.41) is 0. The number of nitrogens with one attached hydrogen (secondary N) is 1. The summed E-state index contributed by atoms with van der Waals surface area (Å²) < 4.78 is 32.7. The van der Waals surface area contributed by atoms with Crippen molar-refractivity contribution in [3.05, 3.63) is 65.5 Å². The highest BCUT2D eigenvalue weighted by molar-refractivity contribution is 7.90. The average Bonchev–Trinajstić information content (AvgIpc) is 2.53. The summed E-state index contributed by atoms with van der Waals surface area (Å²) in [7, 11) is 0. The number of ether oxygens (including phenoxy) is 1. The van der Waals surface area contributed by atoms with Crippen LogP contribution in [0.1, 0.15) is 44.9 Å². The van der Waals surface area contributed by atoms with E-state index in [0.29, 0.717) is 17.9 Å². The lowest BCUT2D eigenvalue weighted by Crippen LogP contribution is -2.40. The van der Waals surface area contributed by atoms with Crippen LogP contribution in [0.5, 0.6) is 5.75 Å². The predicted octanol–water partition coefficient (Wildman–Crippen LogP) is 4.86. The molecular formula is C19H25FNO2S+. The molecule has 0 saturated carbocycles. The molecule has 130 valence electrons. The molecule has 2 aromatic rings. The molecule has 0 aliphatic carbocycles. The van der Waals surface area contributed by atoms with Gasteiger partial charge in [-0.2, -0.15) is 4.55 Å². The Bertz CT molecular complexity index is 658. The zero-order valence-corrected chi connectivity index (χ0v) is 15.4. The first-order valence-corrected chi connectivity index (χ1v) is 9.11. The summed E-state index contributed by atoms with van der Waals surface area (Å²) in [5.41, 5.74) is 1.74. The van der Waals surface area contributed by atoms with Crippen LogP contribution < -0.4 is 9.46 Å². The molecule has 0 amide bonds. The van der Waals surface area contributed by atoms with E-state index in [1.54, 1.807) is 6.07 Å². The van der Waals surface area contributed by atoms with Gasteiger partial charge in [-0.1, -0.05) is 30.3 Å². The molecule has 24 heavy (non-hydrogen) atoms. The Balaban J connectivity index is 2.14. The van der Waals surface area contributed by atoms with E-state index < -0.39 is 11.4 Å². The minimum atomic E-state index is -1.00. The van der Waals surface area contributed by atoms with Gasteiger partial charge in [-0.25, -0.2) is 4.39 Å². The van der Waals surface area contributed by atoms with Gasteiger partial charge in [0.2, 0.25) is 11.4 Å². The van der Waals surface area contributed by atoms with Crippen LogP contribution in [0.25, 0.3) is 0 Å². The average molecular weight is 350 g/mol. The molecule has 2 rings (SSSR count). The minimum Gasteiger partial charge on any atom is -0.489 e. The Morgan fingerprint density at radius 3 is 2.46 bits per heavy atom. The predicted molar refractivity (Wildman–Crippen MR) is 98.5 cm³/mol. The minimum absolute atomic E-state index is 0.237. The van der Waals surface area contributed by atoms with Crippen LogP contribution >= 0.6 is 0 Å². The molecule has 3 nitrogen and oxygen atoms in total. The van der Waals surface area contributed by atoms with Crippen molar-refractivity contribution >= 4 is 11.4 Å². The molecule has 0 radical (unpaired) electrons. The third kappa shape index (κ3) is 5.23. The van der Waals surface area contributed by atoms with Gasteiger partial charge in [0.25, 0.3) is 0 Å². The number of hydrogen-bond donors (Lipinski definition) is 2. The van der Waals surface area contributed by atoms with Gasteiger partial charge < -0.3 is 4.74 Å². The molecule has 0 aliphatic rings. The zero-order valence-electron chi connectivity index (χ0n) is 14.5. The van der Waals surface area contributed by atoms with Gasteiger partial charge in [0.15, 0.2) is 4.75 Å². The monoisotopic (exact) mass is 350 g/mol. The lowest BCUT2D eigenvalue weighted by molar-refractivity contribution is 0.300. The Hall–Kier alpha value is -1.56. The number of halogens is 1. The highest BCUT2D eigenvalue weighted by atomic mass is 32.2.